The molecular formula is C19H16ClN5O2. The lowest BCUT2D eigenvalue weighted by molar-refractivity contribution is 0.103. The van der Waals surface area contributed by atoms with Gasteiger partial charge in [-0.2, -0.15) is 5.26 Å². The minimum atomic E-state index is -0.154. The third-order valence-electron chi connectivity index (χ3n) is 3.83. The first-order valence-electron chi connectivity index (χ1n) is 7.98. The SMILES string of the molecule is CN(C)c1nnc(/C(C#N)=C/c2cc(C(=O)c3cccc(Cl)c3)cn2C)o1. The molecule has 0 aliphatic carbocycles. The van der Waals surface area contributed by atoms with Crippen molar-refractivity contribution < 1.29 is 9.21 Å². The van der Waals surface area contributed by atoms with Crippen molar-refractivity contribution in [3.05, 3.63) is 64.3 Å². The van der Waals surface area contributed by atoms with Crippen LogP contribution in [0.25, 0.3) is 11.6 Å². The number of carbonyl (C=O) groups is 1. The van der Waals surface area contributed by atoms with Crippen molar-refractivity contribution in [2.45, 2.75) is 0 Å². The molecule has 136 valence electrons. The molecular weight excluding hydrogens is 366 g/mol. The van der Waals surface area contributed by atoms with E-state index in [-0.39, 0.29) is 17.2 Å². The van der Waals surface area contributed by atoms with Crippen LogP contribution in [0, 0.1) is 11.3 Å². The zero-order chi connectivity index (χ0) is 19.6. The number of hydrogen-bond acceptors (Lipinski definition) is 6. The molecule has 0 aliphatic heterocycles. The maximum Gasteiger partial charge on any atom is 0.317 e. The van der Waals surface area contributed by atoms with E-state index in [2.05, 4.69) is 16.3 Å². The summed E-state index contributed by atoms with van der Waals surface area (Å²) in [4.78, 5) is 14.3. The Balaban J connectivity index is 1.94. The second-order valence-electron chi connectivity index (χ2n) is 6.06. The van der Waals surface area contributed by atoms with Crippen LogP contribution < -0.4 is 4.90 Å². The molecule has 0 N–H and O–H groups in total. The lowest BCUT2D eigenvalue weighted by atomic mass is 10.1. The number of anilines is 1. The molecule has 7 nitrogen and oxygen atoms in total. The summed E-state index contributed by atoms with van der Waals surface area (Å²) in [5.41, 5.74) is 1.85. The van der Waals surface area contributed by atoms with Gasteiger partial charge in [-0.25, -0.2) is 0 Å². The highest BCUT2D eigenvalue weighted by molar-refractivity contribution is 6.31. The Morgan fingerprint density at radius 1 is 1.30 bits per heavy atom. The van der Waals surface area contributed by atoms with Gasteiger partial charge in [-0.05, 0) is 24.3 Å². The molecule has 1 aromatic carbocycles. The summed E-state index contributed by atoms with van der Waals surface area (Å²) in [5, 5.41) is 17.7. The molecule has 0 unspecified atom stereocenters. The van der Waals surface area contributed by atoms with E-state index in [1.165, 1.54) is 0 Å². The molecule has 0 saturated carbocycles. The molecule has 0 spiro atoms. The second-order valence-corrected chi connectivity index (χ2v) is 6.49. The molecule has 2 heterocycles. The van der Waals surface area contributed by atoms with Crippen molar-refractivity contribution in [1.82, 2.24) is 14.8 Å². The Hall–Kier alpha value is -3.37. The van der Waals surface area contributed by atoms with Gasteiger partial charge in [0, 0.05) is 49.2 Å². The first kappa shape index (κ1) is 18.4. The van der Waals surface area contributed by atoms with Crippen molar-refractivity contribution >= 4 is 35.0 Å². The quantitative estimate of drug-likeness (QED) is 0.497. The van der Waals surface area contributed by atoms with Gasteiger partial charge < -0.3 is 13.9 Å². The largest absolute Gasteiger partial charge is 0.402 e. The van der Waals surface area contributed by atoms with E-state index in [4.69, 9.17) is 16.0 Å². The Labute approximate surface area is 161 Å². The Morgan fingerprint density at radius 3 is 2.70 bits per heavy atom. The number of benzene rings is 1. The molecule has 0 amide bonds. The number of hydrogen-bond donors (Lipinski definition) is 0. The monoisotopic (exact) mass is 381 g/mol. The van der Waals surface area contributed by atoms with Gasteiger partial charge in [0.15, 0.2) is 5.78 Å². The van der Waals surface area contributed by atoms with Crippen LogP contribution in [0.1, 0.15) is 27.5 Å². The van der Waals surface area contributed by atoms with Crippen molar-refractivity contribution in [1.29, 1.82) is 5.26 Å². The summed E-state index contributed by atoms with van der Waals surface area (Å²) < 4.78 is 7.22. The van der Waals surface area contributed by atoms with Crippen LogP contribution in [-0.4, -0.2) is 34.6 Å². The number of halogens is 1. The fourth-order valence-electron chi connectivity index (χ4n) is 2.44. The van der Waals surface area contributed by atoms with Gasteiger partial charge in [0.2, 0.25) is 0 Å². The Bertz CT molecular complexity index is 1070. The third kappa shape index (κ3) is 3.91. The van der Waals surface area contributed by atoms with Crippen LogP contribution in [0.4, 0.5) is 6.01 Å². The number of aryl methyl sites for hydroxylation is 1. The summed E-state index contributed by atoms with van der Waals surface area (Å²) in [6.45, 7) is 0. The van der Waals surface area contributed by atoms with Crippen LogP contribution in [0.3, 0.4) is 0 Å². The van der Waals surface area contributed by atoms with Gasteiger partial charge in [-0.1, -0.05) is 28.8 Å². The highest BCUT2D eigenvalue weighted by Gasteiger charge is 2.16. The lowest BCUT2D eigenvalue weighted by Gasteiger charge is -2.02. The average Bonchev–Trinajstić information content (AvgIpc) is 3.26. The normalized spacial score (nSPS) is 11.3. The zero-order valence-corrected chi connectivity index (χ0v) is 15.7. The number of ketones is 1. The van der Waals surface area contributed by atoms with Gasteiger partial charge >= 0.3 is 6.01 Å². The van der Waals surface area contributed by atoms with E-state index in [0.717, 1.165) is 0 Å². The topological polar surface area (TPSA) is 88.0 Å². The van der Waals surface area contributed by atoms with E-state index in [1.54, 1.807) is 73.2 Å². The van der Waals surface area contributed by atoms with Crippen molar-refractivity contribution in [2.24, 2.45) is 7.05 Å². The predicted octanol–water partition coefficient (Wildman–Crippen LogP) is 3.42. The number of nitriles is 1. The minimum absolute atomic E-state index is 0.116. The molecule has 0 fully saturated rings. The second kappa shape index (κ2) is 7.48. The Morgan fingerprint density at radius 2 is 2.07 bits per heavy atom. The lowest BCUT2D eigenvalue weighted by Crippen LogP contribution is -2.08. The summed E-state index contributed by atoms with van der Waals surface area (Å²) in [7, 11) is 5.31. The van der Waals surface area contributed by atoms with Gasteiger partial charge in [-0.3, -0.25) is 4.79 Å². The van der Waals surface area contributed by atoms with Crippen LogP contribution in [-0.2, 0) is 7.05 Å². The minimum Gasteiger partial charge on any atom is -0.402 e. The highest BCUT2D eigenvalue weighted by Crippen LogP contribution is 2.22. The average molecular weight is 382 g/mol. The van der Waals surface area contributed by atoms with Crippen molar-refractivity contribution in [3.8, 4) is 6.07 Å². The molecule has 0 aliphatic rings. The fraction of sp³-hybridized carbons (Fsp3) is 0.158. The number of allylic oxidation sites excluding steroid dienone is 1. The number of nitrogens with zero attached hydrogens (tertiary/aromatic N) is 5. The van der Waals surface area contributed by atoms with E-state index in [0.29, 0.717) is 27.9 Å². The summed E-state index contributed by atoms with van der Waals surface area (Å²) in [6, 6.07) is 10.8. The number of aromatic nitrogens is 3. The molecule has 3 rings (SSSR count). The Kier molecular flexibility index (Phi) is 5.10. The summed E-state index contributed by atoms with van der Waals surface area (Å²) in [6.07, 6.45) is 3.30. The van der Waals surface area contributed by atoms with Gasteiger partial charge in [0.1, 0.15) is 11.6 Å². The third-order valence-corrected chi connectivity index (χ3v) is 4.07. The molecule has 2 aromatic heterocycles. The smallest absolute Gasteiger partial charge is 0.317 e. The van der Waals surface area contributed by atoms with Crippen LogP contribution in [0.15, 0.2) is 40.9 Å². The van der Waals surface area contributed by atoms with E-state index in [1.807, 2.05) is 0 Å². The molecule has 0 bridgehead atoms. The predicted molar refractivity (Wildman–Crippen MR) is 102 cm³/mol. The first-order valence-corrected chi connectivity index (χ1v) is 8.36. The van der Waals surface area contributed by atoms with Gasteiger partial charge in [-0.15, -0.1) is 5.10 Å². The van der Waals surface area contributed by atoms with Crippen LogP contribution in [0.2, 0.25) is 5.02 Å². The van der Waals surface area contributed by atoms with Crippen LogP contribution in [0.5, 0.6) is 0 Å². The number of carbonyl (C=O) groups excluding carboxylic acids is 1. The molecule has 0 saturated heterocycles. The molecule has 3 aromatic rings. The highest BCUT2D eigenvalue weighted by atomic mass is 35.5. The maximum absolute atomic E-state index is 12.7. The molecule has 8 heteroatoms. The standard InChI is InChI=1S/C19H16ClN5O2/c1-24(2)19-23-22-18(27-19)13(10-21)8-16-9-14(11-25(16)3)17(26)12-5-4-6-15(20)7-12/h4-9,11H,1-3H3/b13-8+. The van der Waals surface area contributed by atoms with Crippen molar-refractivity contribution in [3.63, 3.8) is 0 Å². The summed E-state index contributed by atoms with van der Waals surface area (Å²) in [5.74, 6) is -0.0379. The summed E-state index contributed by atoms with van der Waals surface area (Å²) >= 11 is 5.96. The molecule has 0 radical (unpaired) electrons. The van der Waals surface area contributed by atoms with Gasteiger partial charge in [0.25, 0.3) is 5.89 Å². The van der Waals surface area contributed by atoms with Crippen LogP contribution >= 0.6 is 11.6 Å². The fourth-order valence-corrected chi connectivity index (χ4v) is 2.63. The first-order chi connectivity index (χ1) is 12.9. The van der Waals surface area contributed by atoms with Crippen molar-refractivity contribution in [2.75, 3.05) is 19.0 Å². The number of rotatable bonds is 5. The zero-order valence-electron chi connectivity index (χ0n) is 15.0. The van der Waals surface area contributed by atoms with E-state index < -0.39 is 0 Å². The molecule has 27 heavy (non-hydrogen) atoms. The van der Waals surface area contributed by atoms with E-state index >= 15 is 0 Å². The maximum atomic E-state index is 12.7. The van der Waals surface area contributed by atoms with Gasteiger partial charge in [0.05, 0.1) is 0 Å². The molecule has 0 atom stereocenters. The van der Waals surface area contributed by atoms with E-state index in [9.17, 15) is 10.1 Å².